The van der Waals surface area contributed by atoms with Crippen molar-refractivity contribution in [2.75, 3.05) is 13.7 Å². The second kappa shape index (κ2) is 7.31. The molecule has 0 amide bonds. The van der Waals surface area contributed by atoms with Gasteiger partial charge in [-0.25, -0.2) is 18.1 Å². The Morgan fingerprint density at radius 2 is 2.13 bits per heavy atom. The summed E-state index contributed by atoms with van der Waals surface area (Å²) in [6.45, 7) is 4.05. The van der Waals surface area contributed by atoms with Gasteiger partial charge >= 0.3 is 0 Å². The molecule has 0 saturated heterocycles. The molecule has 128 valence electrons. The molecule has 6 nitrogen and oxygen atoms in total. The van der Waals surface area contributed by atoms with E-state index in [2.05, 4.69) is 9.71 Å². The lowest BCUT2D eigenvalue weighted by atomic mass is 10.2. The molecule has 0 radical (unpaired) electrons. The van der Waals surface area contributed by atoms with Gasteiger partial charge in [0.15, 0.2) is 5.03 Å². The molecule has 1 N–H and O–H groups in total. The first-order valence-electron chi connectivity index (χ1n) is 7.05. The van der Waals surface area contributed by atoms with Crippen LogP contribution in [0.4, 0.5) is 0 Å². The normalized spacial score (nSPS) is 13.7. The Morgan fingerprint density at radius 3 is 2.61 bits per heavy atom. The third-order valence-corrected chi connectivity index (χ3v) is 5.95. The van der Waals surface area contributed by atoms with Gasteiger partial charge in [-0.15, -0.1) is 11.3 Å². The zero-order chi connectivity index (χ0) is 17.2. The van der Waals surface area contributed by atoms with Crippen LogP contribution in [0.3, 0.4) is 0 Å². The fraction of sp³-hybridized carbons (Fsp3) is 0.500. The van der Waals surface area contributed by atoms with Crippen LogP contribution in [0.2, 0.25) is 4.34 Å². The van der Waals surface area contributed by atoms with Gasteiger partial charge in [-0.05, 0) is 12.1 Å². The van der Waals surface area contributed by atoms with E-state index < -0.39 is 16.1 Å². The summed E-state index contributed by atoms with van der Waals surface area (Å²) in [5.41, 5.74) is 0. The number of nitrogens with zero attached hydrogens (tertiary/aromatic N) is 2. The van der Waals surface area contributed by atoms with Crippen molar-refractivity contribution in [3.63, 3.8) is 0 Å². The van der Waals surface area contributed by atoms with Crippen LogP contribution < -0.4 is 4.72 Å². The highest BCUT2D eigenvalue weighted by molar-refractivity contribution is 7.89. The maximum atomic E-state index is 12.4. The minimum atomic E-state index is -3.69. The van der Waals surface area contributed by atoms with E-state index in [9.17, 15) is 8.42 Å². The summed E-state index contributed by atoms with van der Waals surface area (Å²) in [5, 5.41) is 0.0164. The summed E-state index contributed by atoms with van der Waals surface area (Å²) in [6.07, 6.45) is 1.12. The first kappa shape index (κ1) is 18.4. The first-order chi connectivity index (χ1) is 10.7. The first-order valence-corrected chi connectivity index (χ1v) is 9.73. The molecule has 0 aliphatic heterocycles. The van der Waals surface area contributed by atoms with Crippen molar-refractivity contribution >= 4 is 33.0 Å². The third kappa shape index (κ3) is 4.33. The molecule has 0 aromatic carbocycles. The van der Waals surface area contributed by atoms with Crippen LogP contribution in [-0.2, 0) is 21.8 Å². The topological polar surface area (TPSA) is 73.2 Å². The second-order valence-electron chi connectivity index (χ2n) is 5.42. The predicted molar refractivity (Wildman–Crippen MR) is 91.6 cm³/mol. The van der Waals surface area contributed by atoms with Crippen molar-refractivity contribution in [1.82, 2.24) is 14.3 Å². The minimum absolute atomic E-state index is 0.0164. The number of thiophene rings is 1. The average Bonchev–Trinajstić information content (AvgIpc) is 3.06. The molecule has 0 saturated carbocycles. The van der Waals surface area contributed by atoms with Crippen molar-refractivity contribution in [3.8, 4) is 0 Å². The van der Waals surface area contributed by atoms with E-state index >= 15 is 0 Å². The van der Waals surface area contributed by atoms with Gasteiger partial charge in [0, 0.05) is 37.7 Å². The average molecular weight is 378 g/mol. The van der Waals surface area contributed by atoms with Crippen molar-refractivity contribution < 1.29 is 13.2 Å². The highest BCUT2D eigenvalue weighted by atomic mass is 35.5. The molecule has 0 bridgehead atoms. The molecule has 0 unspecified atom stereocenters. The van der Waals surface area contributed by atoms with E-state index in [4.69, 9.17) is 16.3 Å². The van der Waals surface area contributed by atoms with Crippen molar-refractivity contribution in [2.45, 2.75) is 30.9 Å². The Labute approximate surface area is 145 Å². The summed E-state index contributed by atoms with van der Waals surface area (Å²) < 4.78 is 35.1. The second-order valence-corrected chi connectivity index (χ2v) is 8.88. The number of nitrogens with one attached hydrogen (secondary N) is 1. The summed E-state index contributed by atoms with van der Waals surface area (Å²) >= 11 is 7.27. The Hall–Kier alpha value is -0.930. The van der Waals surface area contributed by atoms with Crippen LogP contribution in [0.5, 0.6) is 0 Å². The van der Waals surface area contributed by atoms with E-state index in [1.165, 1.54) is 24.6 Å². The molecule has 0 aliphatic carbocycles. The van der Waals surface area contributed by atoms with Gasteiger partial charge in [0.25, 0.3) is 10.0 Å². The number of aromatic nitrogens is 2. The van der Waals surface area contributed by atoms with Crippen LogP contribution in [0.15, 0.2) is 23.4 Å². The fourth-order valence-electron chi connectivity index (χ4n) is 2.18. The number of hydrogen-bond acceptors (Lipinski definition) is 5. The minimum Gasteiger partial charge on any atom is -0.375 e. The van der Waals surface area contributed by atoms with Crippen LogP contribution in [0.1, 0.15) is 36.6 Å². The zero-order valence-electron chi connectivity index (χ0n) is 13.4. The molecular formula is C14H20ClN3O3S2. The van der Waals surface area contributed by atoms with Crippen LogP contribution in [0, 0.1) is 0 Å². The summed E-state index contributed by atoms with van der Waals surface area (Å²) in [7, 11) is -0.375. The Bertz CT molecular complexity index is 768. The largest absolute Gasteiger partial charge is 0.375 e. The van der Waals surface area contributed by atoms with Crippen LogP contribution in [-0.4, -0.2) is 31.6 Å². The zero-order valence-corrected chi connectivity index (χ0v) is 15.8. The monoisotopic (exact) mass is 377 g/mol. The molecule has 2 heterocycles. The number of sulfonamides is 1. The van der Waals surface area contributed by atoms with Crippen molar-refractivity contribution in [2.24, 2.45) is 7.05 Å². The van der Waals surface area contributed by atoms with Gasteiger partial charge in [-0.3, -0.25) is 0 Å². The molecule has 0 aliphatic rings. The quantitative estimate of drug-likeness (QED) is 0.805. The number of ether oxygens (including phenoxy) is 1. The summed E-state index contributed by atoms with van der Waals surface area (Å²) in [4.78, 5) is 5.08. The lowest BCUT2D eigenvalue weighted by molar-refractivity contribution is 0.110. The van der Waals surface area contributed by atoms with Gasteiger partial charge in [-0.2, -0.15) is 0 Å². The smallest absolute Gasteiger partial charge is 0.259 e. The van der Waals surface area contributed by atoms with Crippen molar-refractivity contribution in [3.05, 3.63) is 33.4 Å². The maximum Gasteiger partial charge on any atom is 0.259 e. The summed E-state index contributed by atoms with van der Waals surface area (Å²) in [5.74, 6) is 0.864. The molecule has 2 aromatic heterocycles. The molecule has 23 heavy (non-hydrogen) atoms. The summed E-state index contributed by atoms with van der Waals surface area (Å²) in [6, 6.07) is 3.59. The van der Waals surface area contributed by atoms with Gasteiger partial charge in [0.2, 0.25) is 0 Å². The molecule has 0 fully saturated rings. The Balaban J connectivity index is 2.13. The van der Waals surface area contributed by atoms with Gasteiger partial charge < -0.3 is 9.30 Å². The van der Waals surface area contributed by atoms with E-state index in [1.807, 2.05) is 19.9 Å². The molecule has 2 aromatic rings. The van der Waals surface area contributed by atoms with Gasteiger partial charge in [-0.1, -0.05) is 25.4 Å². The fourth-order valence-corrected chi connectivity index (χ4v) is 4.35. The number of halogens is 1. The highest BCUT2D eigenvalue weighted by Gasteiger charge is 2.23. The Kier molecular flexibility index (Phi) is 5.85. The van der Waals surface area contributed by atoms with E-state index in [0.717, 1.165) is 10.7 Å². The van der Waals surface area contributed by atoms with Crippen LogP contribution >= 0.6 is 22.9 Å². The van der Waals surface area contributed by atoms with E-state index in [0.29, 0.717) is 4.34 Å². The molecular weight excluding hydrogens is 358 g/mol. The number of methoxy groups -OCH3 is 1. The third-order valence-electron chi connectivity index (χ3n) is 3.34. The molecule has 2 rings (SSSR count). The number of rotatable bonds is 7. The molecule has 0 spiro atoms. The SMILES string of the molecule is CO[C@@H](CNS(=O)(=O)c1cn(C)c(C(C)C)n1)c1ccc(Cl)s1. The molecule has 1 atom stereocenters. The predicted octanol–water partition coefficient (Wildman–Crippen LogP) is 2.92. The maximum absolute atomic E-state index is 12.4. The van der Waals surface area contributed by atoms with Crippen molar-refractivity contribution in [1.29, 1.82) is 0 Å². The lowest BCUT2D eigenvalue weighted by Crippen LogP contribution is -2.29. The number of hydrogen-bond donors (Lipinski definition) is 1. The lowest BCUT2D eigenvalue weighted by Gasteiger charge is -2.14. The van der Waals surface area contributed by atoms with Gasteiger partial charge in [0.05, 0.1) is 4.34 Å². The number of imidazole rings is 1. The highest BCUT2D eigenvalue weighted by Crippen LogP contribution is 2.28. The number of aryl methyl sites for hydroxylation is 1. The van der Waals surface area contributed by atoms with Crippen LogP contribution in [0.25, 0.3) is 0 Å². The van der Waals surface area contributed by atoms with Gasteiger partial charge in [0.1, 0.15) is 11.9 Å². The Morgan fingerprint density at radius 1 is 1.43 bits per heavy atom. The molecule has 9 heteroatoms. The van der Waals surface area contributed by atoms with E-state index in [-0.39, 0.29) is 17.5 Å². The van der Waals surface area contributed by atoms with E-state index in [1.54, 1.807) is 17.7 Å². The standard InChI is InChI=1S/C14H20ClN3O3S2/c1-9(2)14-17-13(8-18(14)3)23(19,20)16-7-10(21-4)11-5-6-12(15)22-11/h5-6,8-10,16H,7H2,1-4H3/t10-/m0/s1.